The van der Waals surface area contributed by atoms with Gasteiger partial charge in [0.2, 0.25) is 0 Å². The van der Waals surface area contributed by atoms with Gasteiger partial charge in [0.05, 0.1) is 12.1 Å². The average molecular weight is 574 g/mol. The molecule has 0 spiro atoms. The minimum atomic E-state index is -4.81. The summed E-state index contributed by atoms with van der Waals surface area (Å²) in [5.74, 6) is 0. The molecule has 0 aliphatic carbocycles. The normalized spacial score (nSPS) is 29.3. The van der Waals surface area contributed by atoms with Crippen LogP contribution in [0, 0.1) is 0 Å². The fourth-order valence-electron chi connectivity index (χ4n) is 6.21. The number of nitrogens with zero attached hydrogens (tertiary/aromatic N) is 3. The SMILES string of the molecule is CC(O)(c1ccc(N2CCN(S(=O)(=O)c3cccs3)C[C@@H]2CN2C3CCCC2CC(O)C3)cc1)C(F)(F)F. The number of piperazine rings is 1. The summed E-state index contributed by atoms with van der Waals surface area (Å²) < 4.78 is 68.6. The van der Waals surface area contributed by atoms with Crippen LogP contribution in [-0.4, -0.2) is 84.4 Å². The number of fused-ring (bicyclic) bond motifs is 2. The predicted molar refractivity (Wildman–Crippen MR) is 140 cm³/mol. The lowest BCUT2D eigenvalue weighted by molar-refractivity contribution is -0.258. The molecule has 4 atom stereocenters. The third kappa shape index (κ3) is 5.23. The number of sulfonamides is 1. The Bertz CT molecular complexity index is 1190. The minimum Gasteiger partial charge on any atom is -0.393 e. The zero-order valence-electron chi connectivity index (χ0n) is 21.2. The topological polar surface area (TPSA) is 84.3 Å². The van der Waals surface area contributed by atoms with Gasteiger partial charge in [-0.1, -0.05) is 24.6 Å². The fraction of sp³-hybridized carbons (Fsp3) is 0.615. The van der Waals surface area contributed by atoms with Crippen molar-refractivity contribution in [3.63, 3.8) is 0 Å². The molecule has 3 unspecified atom stereocenters. The van der Waals surface area contributed by atoms with Crippen LogP contribution in [0.1, 0.15) is 44.6 Å². The summed E-state index contributed by atoms with van der Waals surface area (Å²) in [5.41, 5.74) is -2.53. The lowest BCUT2D eigenvalue weighted by atomic mass is 9.82. The van der Waals surface area contributed by atoms with E-state index in [-0.39, 0.29) is 42.9 Å². The van der Waals surface area contributed by atoms with Crippen LogP contribution < -0.4 is 4.90 Å². The van der Waals surface area contributed by atoms with Gasteiger partial charge in [0, 0.05) is 44.0 Å². The molecule has 3 aliphatic rings. The molecule has 3 saturated heterocycles. The Hall–Kier alpha value is -1.70. The van der Waals surface area contributed by atoms with Crippen molar-refractivity contribution in [2.45, 2.75) is 79.2 Å². The molecule has 3 fully saturated rings. The number of rotatable bonds is 6. The van der Waals surface area contributed by atoms with Crippen molar-refractivity contribution in [1.82, 2.24) is 9.21 Å². The first-order chi connectivity index (χ1) is 17.9. The monoisotopic (exact) mass is 573 g/mol. The van der Waals surface area contributed by atoms with E-state index in [9.17, 15) is 31.8 Å². The van der Waals surface area contributed by atoms with E-state index in [1.807, 2.05) is 0 Å². The highest BCUT2D eigenvalue weighted by Gasteiger charge is 2.51. The van der Waals surface area contributed by atoms with Gasteiger partial charge in [0.15, 0.2) is 5.60 Å². The number of aliphatic hydroxyl groups is 2. The maximum absolute atomic E-state index is 13.4. The minimum absolute atomic E-state index is 0.230. The Kier molecular flexibility index (Phi) is 7.60. The van der Waals surface area contributed by atoms with Crippen molar-refractivity contribution in [1.29, 1.82) is 0 Å². The molecule has 7 nitrogen and oxygen atoms in total. The van der Waals surface area contributed by atoms with Gasteiger partial charge in [-0.05, 0) is 61.7 Å². The first kappa shape index (κ1) is 27.9. The van der Waals surface area contributed by atoms with Crippen LogP contribution in [0.15, 0.2) is 46.0 Å². The summed E-state index contributed by atoms with van der Waals surface area (Å²) in [6.45, 7) is 2.23. The molecule has 2 aromatic rings. The molecule has 38 heavy (non-hydrogen) atoms. The molecule has 210 valence electrons. The van der Waals surface area contributed by atoms with Crippen LogP contribution in [0.25, 0.3) is 0 Å². The van der Waals surface area contributed by atoms with E-state index in [2.05, 4.69) is 9.80 Å². The van der Waals surface area contributed by atoms with E-state index in [0.717, 1.165) is 26.2 Å². The van der Waals surface area contributed by atoms with Gasteiger partial charge < -0.3 is 15.1 Å². The van der Waals surface area contributed by atoms with Crippen LogP contribution in [-0.2, 0) is 15.6 Å². The van der Waals surface area contributed by atoms with Crippen molar-refractivity contribution in [3.05, 3.63) is 47.3 Å². The Balaban J connectivity index is 1.43. The molecular formula is C26H34F3N3O4S2. The van der Waals surface area contributed by atoms with E-state index in [1.54, 1.807) is 29.6 Å². The fourth-order valence-corrected chi connectivity index (χ4v) is 8.82. The van der Waals surface area contributed by atoms with Crippen LogP contribution in [0.3, 0.4) is 0 Å². The van der Waals surface area contributed by atoms with Crippen molar-refractivity contribution < 1.29 is 31.8 Å². The van der Waals surface area contributed by atoms with E-state index in [1.165, 1.54) is 27.8 Å². The van der Waals surface area contributed by atoms with Crippen molar-refractivity contribution in [2.24, 2.45) is 0 Å². The van der Waals surface area contributed by atoms with Gasteiger partial charge in [0.25, 0.3) is 10.0 Å². The van der Waals surface area contributed by atoms with Crippen molar-refractivity contribution in [2.75, 3.05) is 31.1 Å². The van der Waals surface area contributed by atoms with Crippen molar-refractivity contribution >= 4 is 27.0 Å². The number of anilines is 1. The largest absolute Gasteiger partial charge is 0.421 e. The Morgan fingerprint density at radius 2 is 1.71 bits per heavy atom. The first-order valence-corrected chi connectivity index (χ1v) is 15.3. The molecule has 0 saturated carbocycles. The Labute approximate surface area is 225 Å². The standard InChI is InChI=1S/C26H34F3N3O4S2/c1-25(34,26(27,28)29)18-7-9-19(10-8-18)31-12-11-30(38(35,36)24-6-3-13-37-24)16-22(31)17-32-20-4-2-5-21(32)15-23(33)14-20/h3,6-10,13,20-23,33-34H,2,4-5,11-12,14-17H2,1H3/t20?,21?,22-,23?,25?/m1/s1. The average Bonchev–Trinajstić information content (AvgIpc) is 3.40. The van der Waals surface area contributed by atoms with E-state index < -0.39 is 21.8 Å². The zero-order chi connectivity index (χ0) is 27.3. The van der Waals surface area contributed by atoms with Crippen LogP contribution in [0.2, 0.25) is 0 Å². The number of aliphatic hydroxyl groups excluding tert-OH is 1. The third-order valence-electron chi connectivity index (χ3n) is 8.37. The summed E-state index contributed by atoms with van der Waals surface area (Å²) in [4.78, 5) is 4.49. The summed E-state index contributed by atoms with van der Waals surface area (Å²) >= 11 is 1.18. The number of piperidine rings is 2. The van der Waals surface area contributed by atoms with Gasteiger partial charge in [-0.25, -0.2) is 8.42 Å². The number of alkyl halides is 3. The molecule has 2 bridgehead atoms. The number of halogens is 3. The lowest BCUT2D eigenvalue weighted by Crippen LogP contribution is -2.62. The summed E-state index contributed by atoms with van der Waals surface area (Å²) in [7, 11) is -3.66. The van der Waals surface area contributed by atoms with E-state index >= 15 is 0 Å². The molecule has 3 aliphatic heterocycles. The highest BCUT2D eigenvalue weighted by Crippen LogP contribution is 2.40. The summed E-state index contributed by atoms with van der Waals surface area (Å²) in [5, 5.41) is 22.2. The molecule has 1 aromatic carbocycles. The molecule has 4 heterocycles. The number of hydrogen-bond donors (Lipinski definition) is 2. The van der Waals surface area contributed by atoms with Gasteiger partial charge in [-0.3, -0.25) is 4.90 Å². The maximum atomic E-state index is 13.4. The number of thiophene rings is 1. The molecule has 1 aromatic heterocycles. The quantitative estimate of drug-likeness (QED) is 0.548. The lowest BCUT2D eigenvalue weighted by Gasteiger charge is -2.51. The van der Waals surface area contributed by atoms with Gasteiger partial charge in [0.1, 0.15) is 4.21 Å². The smallest absolute Gasteiger partial charge is 0.393 e. The second-order valence-electron chi connectivity index (χ2n) is 10.8. The van der Waals surface area contributed by atoms with Crippen LogP contribution >= 0.6 is 11.3 Å². The predicted octanol–water partition coefficient (Wildman–Crippen LogP) is 3.78. The summed E-state index contributed by atoms with van der Waals surface area (Å²) in [6.07, 6.45) is -0.670. The molecule has 2 N–H and O–H groups in total. The van der Waals surface area contributed by atoms with Crippen LogP contribution in [0.5, 0.6) is 0 Å². The molecule has 0 amide bonds. The summed E-state index contributed by atoms with van der Waals surface area (Å²) in [6, 6.07) is 9.28. The molecular weight excluding hydrogens is 539 g/mol. The second-order valence-corrected chi connectivity index (χ2v) is 13.9. The van der Waals surface area contributed by atoms with E-state index in [4.69, 9.17) is 0 Å². The second kappa shape index (κ2) is 10.4. The Morgan fingerprint density at radius 3 is 2.29 bits per heavy atom. The van der Waals surface area contributed by atoms with Crippen LogP contribution in [0.4, 0.5) is 18.9 Å². The maximum Gasteiger partial charge on any atom is 0.421 e. The highest BCUT2D eigenvalue weighted by molar-refractivity contribution is 7.91. The molecule has 0 radical (unpaired) electrons. The Morgan fingerprint density at radius 1 is 1.05 bits per heavy atom. The third-order valence-corrected chi connectivity index (χ3v) is 11.6. The first-order valence-electron chi connectivity index (χ1n) is 13.0. The molecule has 5 rings (SSSR count). The van der Waals surface area contributed by atoms with Gasteiger partial charge in [-0.15, -0.1) is 11.3 Å². The van der Waals surface area contributed by atoms with E-state index in [0.29, 0.717) is 35.8 Å². The van der Waals surface area contributed by atoms with Crippen molar-refractivity contribution in [3.8, 4) is 0 Å². The zero-order valence-corrected chi connectivity index (χ0v) is 22.9. The number of benzene rings is 1. The van der Waals surface area contributed by atoms with Gasteiger partial charge >= 0.3 is 6.18 Å². The number of hydrogen-bond acceptors (Lipinski definition) is 7. The highest BCUT2D eigenvalue weighted by atomic mass is 32.2. The molecule has 12 heteroatoms. The van der Waals surface area contributed by atoms with Gasteiger partial charge in [-0.2, -0.15) is 17.5 Å².